The average Bonchev–Trinajstić information content (AvgIpc) is 2.93. The van der Waals surface area contributed by atoms with Crippen LogP contribution in [0.4, 0.5) is 5.69 Å². The van der Waals surface area contributed by atoms with Crippen molar-refractivity contribution in [1.82, 2.24) is 10.3 Å². The summed E-state index contributed by atoms with van der Waals surface area (Å²) >= 11 is 0. The molecule has 0 spiro atoms. The van der Waals surface area contributed by atoms with Crippen LogP contribution in [0.1, 0.15) is 12.3 Å². The summed E-state index contributed by atoms with van der Waals surface area (Å²) in [5.74, 6) is 0.454. The van der Waals surface area contributed by atoms with Gasteiger partial charge in [-0.05, 0) is 24.6 Å². The molecular formula is C13H17Cl2N3O3. The summed E-state index contributed by atoms with van der Waals surface area (Å²) in [6.45, 7) is 2.24. The fraction of sp³-hybridized carbons (Fsp3) is 0.385. The van der Waals surface area contributed by atoms with Crippen LogP contribution in [0, 0.1) is 6.92 Å². The molecule has 3 rings (SSSR count). The number of fused-ring (bicyclic) bond motifs is 1. The second-order valence-electron chi connectivity index (χ2n) is 4.75. The third kappa shape index (κ3) is 3.85. The molecule has 1 amide bonds. The Kier molecular flexibility index (Phi) is 5.98. The van der Waals surface area contributed by atoms with Crippen molar-refractivity contribution < 1.29 is 14.3 Å². The smallest absolute Gasteiger partial charge is 0.241 e. The van der Waals surface area contributed by atoms with Crippen LogP contribution >= 0.6 is 24.8 Å². The van der Waals surface area contributed by atoms with Gasteiger partial charge >= 0.3 is 0 Å². The number of anilines is 1. The number of oxazole rings is 1. The number of nitrogens with one attached hydrogen (secondary N) is 2. The Morgan fingerprint density at radius 2 is 2.24 bits per heavy atom. The number of hydrogen-bond acceptors (Lipinski definition) is 5. The largest absolute Gasteiger partial charge is 0.441 e. The van der Waals surface area contributed by atoms with Crippen LogP contribution in [0.15, 0.2) is 22.6 Å². The Morgan fingerprint density at radius 1 is 1.48 bits per heavy atom. The number of amides is 1. The number of rotatable bonds is 2. The number of hydrogen-bond donors (Lipinski definition) is 3. The van der Waals surface area contributed by atoms with E-state index in [1.165, 1.54) is 0 Å². The first-order chi connectivity index (χ1) is 9.11. The molecule has 116 valence electrons. The highest BCUT2D eigenvalue weighted by Gasteiger charge is 2.27. The third-order valence-corrected chi connectivity index (χ3v) is 3.19. The summed E-state index contributed by atoms with van der Waals surface area (Å²) in [7, 11) is 0. The van der Waals surface area contributed by atoms with Gasteiger partial charge in [-0.3, -0.25) is 4.79 Å². The Labute approximate surface area is 134 Å². The molecular weight excluding hydrogens is 317 g/mol. The zero-order chi connectivity index (χ0) is 13.4. The van der Waals surface area contributed by atoms with Gasteiger partial charge in [-0.2, -0.15) is 0 Å². The van der Waals surface area contributed by atoms with Gasteiger partial charge in [0.25, 0.3) is 0 Å². The van der Waals surface area contributed by atoms with E-state index in [4.69, 9.17) is 4.42 Å². The van der Waals surface area contributed by atoms with E-state index in [1.807, 2.05) is 0 Å². The molecule has 3 N–H and O–H groups in total. The summed E-state index contributed by atoms with van der Waals surface area (Å²) in [4.78, 5) is 16.2. The number of carbonyl (C=O) groups is 1. The van der Waals surface area contributed by atoms with E-state index < -0.39 is 6.10 Å². The van der Waals surface area contributed by atoms with Crippen molar-refractivity contribution in [3.05, 3.63) is 24.1 Å². The summed E-state index contributed by atoms with van der Waals surface area (Å²) < 4.78 is 5.37. The highest BCUT2D eigenvalue weighted by molar-refractivity contribution is 5.96. The second kappa shape index (κ2) is 7.09. The number of aromatic nitrogens is 1. The predicted octanol–water partition coefficient (Wildman–Crippen LogP) is 1.64. The molecule has 2 unspecified atom stereocenters. The van der Waals surface area contributed by atoms with Gasteiger partial charge in [0.05, 0.1) is 12.1 Å². The summed E-state index contributed by atoms with van der Waals surface area (Å²) in [5, 5.41) is 15.2. The molecule has 1 saturated heterocycles. The van der Waals surface area contributed by atoms with Crippen molar-refractivity contribution in [1.29, 1.82) is 0 Å². The highest BCUT2D eigenvalue weighted by atomic mass is 35.5. The quantitative estimate of drug-likeness (QED) is 0.777. The maximum absolute atomic E-state index is 12.0. The molecule has 0 radical (unpaired) electrons. The first kappa shape index (κ1) is 17.7. The molecule has 2 heterocycles. The number of benzene rings is 1. The number of halogens is 2. The van der Waals surface area contributed by atoms with Crippen LogP contribution in [0.25, 0.3) is 11.1 Å². The Balaban J connectivity index is 0.00000110. The molecule has 1 aromatic carbocycles. The number of aliphatic hydroxyl groups is 1. The Bertz CT molecular complexity index is 632. The van der Waals surface area contributed by atoms with E-state index in [-0.39, 0.29) is 36.8 Å². The molecule has 2 aromatic rings. The molecule has 6 nitrogen and oxygen atoms in total. The maximum Gasteiger partial charge on any atom is 0.241 e. The summed E-state index contributed by atoms with van der Waals surface area (Å²) in [6.07, 6.45) is -0.00615. The van der Waals surface area contributed by atoms with E-state index in [0.29, 0.717) is 30.1 Å². The Morgan fingerprint density at radius 3 is 2.90 bits per heavy atom. The zero-order valence-corrected chi connectivity index (χ0v) is 13.0. The Hall–Kier alpha value is -1.34. The number of carbonyl (C=O) groups excluding carboxylic acids is 1. The molecule has 2 atom stereocenters. The van der Waals surface area contributed by atoms with E-state index in [9.17, 15) is 9.90 Å². The number of β-amino-alcohol motifs (C(OH)–C–C–N with tert-alkyl or cyclic N) is 1. The topological polar surface area (TPSA) is 87.4 Å². The molecule has 21 heavy (non-hydrogen) atoms. The fourth-order valence-electron chi connectivity index (χ4n) is 2.27. The number of nitrogens with zero attached hydrogens (tertiary/aromatic N) is 1. The van der Waals surface area contributed by atoms with Crippen LogP contribution < -0.4 is 10.6 Å². The molecule has 1 aliphatic rings. The molecule has 1 aromatic heterocycles. The molecule has 0 saturated carbocycles. The lowest BCUT2D eigenvalue weighted by Crippen LogP contribution is -2.35. The van der Waals surface area contributed by atoms with Crippen LogP contribution in [-0.2, 0) is 4.79 Å². The van der Waals surface area contributed by atoms with Crippen molar-refractivity contribution >= 4 is 47.5 Å². The first-order valence-electron chi connectivity index (χ1n) is 6.21. The van der Waals surface area contributed by atoms with E-state index in [0.717, 1.165) is 5.52 Å². The van der Waals surface area contributed by atoms with Gasteiger partial charge < -0.3 is 20.2 Å². The van der Waals surface area contributed by atoms with E-state index >= 15 is 0 Å². The van der Waals surface area contributed by atoms with Gasteiger partial charge in [-0.1, -0.05) is 0 Å². The lowest BCUT2D eigenvalue weighted by atomic mass is 10.2. The van der Waals surface area contributed by atoms with Crippen LogP contribution in [0.3, 0.4) is 0 Å². The second-order valence-corrected chi connectivity index (χ2v) is 4.75. The molecule has 0 aliphatic carbocycles. The molecule has 1 fully saturated rings. The molecule has 1 aliphatic heterocycles. The summed E-state index contributed by atoms with van der Waals surface area (Å²) in [6, 6.07) is 4.98. The highest BCUT2D eigenvalue weighted by Crippen LogP contribution is 2.20. The SMILES string of the molecule is Cc1nc2cc(NC(=O)C3CC(O)CN3)ccc2o1.Cl.Cl. The van der Waals surface area contributed by atoms with Gasteiger partial charge in [0.15, 0.2) is 11.5 Å². The van der Waals surface area contributed by atoms with Crippen LogP contribution in [0.2, 0.25) is 0 Å². The zero-order valence-electron chi connectivity index (χ0n) is 11.3. The fourth-order valence-corrected chi connectivity index (χ4v) is 2.27. The van der Waals surface area contributed by atoms with Crippen molar-refractivity contribution in [2.24, 2.45) is 0 Å². The summed E-state index contributed by atoms with van der Waals surface area (Å²) in [5.41, 5.74) is 2.09. The van der Waals surface area contributed by atoms with Crippen LogP contribution in [-0.4, -0.2) is 34.7 Å². The van der Waals surface area contributed by atoms with E-state index in [1.54, 1.807) is 25.1 Å². The van der Waals surface area contributed by atoms with Gasteiger partial charge in [-0.15, -0.1) is 24.8 Å². The molecule has 8 heteroatoms. The van der Waals surface area contributed by atoms with Crippen molar-refractivity contribution in [3.63, 3.8) is 0 Å². The van der Waals surface area contributed by atoms with Crippen molar-refractivity contribution in [2.75, 3.05) is 11.9 Å². The lowest BCUT2D eigenvalue weighted by Gasteiger charge is -2.10. The van der Waals surface area contributed by atoms with E-state index in [2.05, 4.69) is 15.6 Å². The van der Waals surface area contributed by atoms with Gasteiger partial charge in [-0.25, -0.2) is 4.98 Å². The third-order valence-electron chi connectivity index (χ3n) is 3.19. The van der Waals surface area contributed by atoms with Crippen molar-refractivity contribution in [2.45, 2.75) is 25.5 Å². The van der Waals surface area contributed by atoms with Crippen molar-refractivity contribution in [3.8, 4) is 0 Å². The van der Waals surface area contributed by atoms with Gasteiger partial charge in [0.1, 0.15) is 5.52 Å². The minimum absolute atomic E-state index is 0. The molecule has 0 bridgehead atoms. The average molecular weight is 334 g/mol. The standard InChI is InChI=1S/C13H15N3O3.2ClH/c1-7-15-10-4-8(2-3-12(10)19-7)16-13(18)11-5-9(17)6-14-11;;/h2-4,9,11,14,17H,5-6H2,1H3,(H,16,18);2*1H. The van der Waals surface area contributed by atoms with Gasteiger partial charge in [0, 0.05) is 19.2 Å². The minimum Gasteiger partial charge on any atom is -0.441 e. The number of aryl methyl sites for hydroxylation is 1. The maximum atomic E-state index is 12.0. The normalized spacial score (nSPS) is 20.7. The van der Waals surface area contributed by atoms with Gasteiger partial charge in [0.2, 0.25) is 5.91 Å². The van der Waals surface area contributed by atoms with Crippen LogP contribution in [0.5, 0.6) is 0 Å². The predicted molar refractivity (Wildman–Crippen MR) is 84.3 cm³/mol. The monoisotopic (exact) mass is 333 g/mol. The number of aliphatic hydroxyl groups excluding tert-OH is 1. The lowest BCUT2D eigenvalue weighted by molar-refractivity contribution is -0.117. The first-order valence-corrected chi connectivity index (χ1v) is 6.21. The minimum atomic E-state index is -0.448.